The van der Waals surface area contributed by atoms with Crippen molar-refractivity contribution >= 4 is 23.3 Å². The Morgan fingerprint density at radius 1 is 1.12 bits per heavy atom. The maximum atomic E-state index is 13.5. The summed E-state index contributed by atoms with van der Waals surface area (Å²) < 4.78 is 45.0. The lowest BCUT2D eigenvalue weighted by atomic mass is 10.2. The van der Waals surface area contributed by atoms with Crippen LogP contribution in [0.15, 0.2) is 36.4 Å². The molecule has 2 aromatic carbocycles. The van der Waals surface area contributed by atoms with E-state index in [1.807, 2.05) is 0 Å². The Kier molecular flexibility index (Phi) is 5.55. The van der Waals surface area contributed by atoms with E-state index in [1.54, 1.807) is 0 Å². The van der Waals surface area contributed by atoms with Gasteiger partial charge in [-0.1, -0.05) is 6.07 Å². The van der Waals surface area contributed by atoms with Crippen LogP contribution in [0.4, 0.5) is 24.5 Å². The van der Waals surface area contributed by atoms with Gasteiger partial charge in [0.05, 0.1) is 4.92 Å². The smallest absolute Gasteiger partial charge is 0.344 e. The van der Waals surface area contributed by atoms with Crippen LogP contribution in [0.1, 0.15) is 17.3 Å². The van der Waals surface area contributed by atoms with Crippen LogP contribution in [0.25, 0.3) is 0 Å². The van der Waals surface area contributed by atoms with E-state index >= 15 is 0 Å². The van der Waals surface area contributed by atoms with Crippen LogP contribution in [-0.2, 0) is 9.53 Å². The van der Waals surface area contributed by atoms with Gasteiger partial charge in [0.2, 0.25) is 5.82 Å². The van der Waals surface area contributed by atoms with Gasteiger partial charge >= 0.3 is 11.7 Å². The van der Waals surface area contributed by atoms with E-state index in [-0.39, 0.29) is 5.69 Å². The molecule has 0 unspecified atom stereocenters. The normalized spacial score (nSPS) is 11.5. The van der Waals surface area contributed by atoms with E-state index in [0.717, 1.165) is 43.3 Å². The molecule has 1 atom stereocenters. The Morgan fingerprint density at radius 2 is 1.73 bits per heavy atom. The number of esters is 1. The molecule has 0 bridgehead atoms. The lowest BCUT2D eigenvalue weighted by molar-refractivity contribution is -0.387. The van der Waals surface area contributed by atoms with Crippen molar-refractivity contribution in [3.63, 3.8) is 0 Å². The molecule has 0 radical (unpaired) electrons. The fourth-order valence-corrected chi connectivity index (χ4v) is 1.94. The van der Waals surface area contributed by atoms with Crippen molar-refractivity contribution in [3.05, 3.63) is 69.5 Å². The van der Waals surface area contributed by atoms with Crippen LogP contribution in [0.2, 0.25) is 0 Å². The van der Waals surface area contributed by atoms with E-state index in [2.05, 4.69) is 5.32 Å². The Bertz CT molecular complexity index is 868. The minimum atomic E-state index is -1.48. The highest BCUT2D eigenvalue weighted by Gasteiger charge is 2.24. The number of hydrogen-bond acceptors (Lipinski definition) is 5. The van der Waals surface area contributed by atoms with Crippen LogP contribution in [0, 0.1) is 27.6 Å². The molecule has 0 aromatic heterocycles. The van der Waals surface area contributed by atoms with E-state index < -0.39 is 51.6 Å². The molecule has 0 aliphatic heterocycles. The number of anilines is 1. The molecular weight excluding hydrogens is 357 g/mol. The fraction of sp³-hybridized carbons (Fsp3) is 0.125. The van der Waals surface area contributed by atoms with Crippen LogP contribution in [-0.4, -0.2) is 22.9 Å². The summed E-state index contributed by atoms with van der Waals surface area (Å²) in [5.74, 6) is -5.74. The summed E-state index contributed by atoms with van der Waals surface area (Å²) in [6.07, 6.45) is -1.48. The summed E-state index contributed by atoms with van der Waals surface area (Å²) >= 11 is 0. The molecule has 0 aliphatic rings. The fourth-order valence-electron chi connectivity index (χ4n) is 1.94. The van der Waals surface area contributed by atoms with Gasteiger partial charge in [0.1, 0.15) is 17.2 Å². The monoisotopic (exact) mass is 368 g/mol. The summed E-state index contributed by atoms with van der Waals surface area (Å²) in [4.78, 5) is 33.5. The van der Waals surface area contributed by atoms with E-state index in [4.69, 9.17) is 4.74 Å². The second-order valence-electron chi connectivity index (χ2n) is 5.06. The Labute approximate surface area is 144 Å². The van der Waals surface area contributed by atoms with E-state index in [1.165, 1.54) is 0 Å². The zero-order valence-electron chi connectivity index (χ0n) is 13.2. The molecular formula is C16H11F3N2O5. The second-order valence-corrected chi connectivity index (χ2v) is 5.06. The topological polar surface area (TPSA) is 98.5 Å². The van der Waals surface area contributed by atoms with Crippen molar-refractivity contribution in [2.24, 2.45) is 0 Å². The molecule has 10 heteroatoms. The van der Waals surface area contributed by atoms with E-state index in [9.17, 15) is 32.9 Å². The largest absolute Gasteiger partial charge is 0.449 e. The van der Waals surface area contributed by atoms with Crippen LogP contribution in [0.5, 0.6) is 0 Å². The number of rotatable bonds is 5. The lowest BCUT2D eigenvalue weighted by Gasteiger charge is -2.14. The van der Waals surface area contributed by atoms with Gasteiger partial charge in [0.15, 0.2) is 6.10 Å². The first kappa shape index (κ1) is 18.9. The third-order valence-corrected chi connectivity index (χ3v) is 3.23. The number of benzene rings is 2. The first-order valence-corrected chi connectivity index (χ1v) is 7.10. The predicted molar refractivity (Wildman–Crippen MR) is 82.9 cm³/mol. The number of hydrogen-bond donors (Lipinski definition) is 1. The number of halogens is 3. The molecule has 1 amide bonds. The van der Waals surface area contributed by atoms with Crippen molar-refractivity contribution in [2.75, 3.05) is 5.32 Å². The van der Waals surface area contributed by atoms with Gasteiger partial charge in [0, 0.05) is 11.8 Å². The summed E-state index contributed by atoms with van der Waals surface area (Å²) in [7, 11) is 0. The van der Waals surface area contributed by atoms with Crippen molar-refractivity contribution in [2.45, 2.75) is 13.0 Å². The highest BCUT2D eigenvalue weighted by Crippen LogP contribution is 2.22. The van der Waals surface area contributed by atoms with Crippen molar-refractivity contribution in [1.29, 1.82) is 0 Å². The second kappa shape index (κ2) is 7.64. The summed E-state index contributed by atoms with van der Waals surface area (Å²) in [6, 6.07) is 5.37. The van der Waals surface area contributed by atoms with Gasteiger partial charge in [-0.15, -0.1) is 0 Å². The molecule has 0 saturated heterocycles. The highest BCUT2D eigenvalue weighted by atomic mass is 19.1. The minimum absolute atomic E-state index is 0.122. The molecule has 7 nitrogen and oxygen atoms in total. The molecule has 136 valence electrons. The molecule has 2 aromatic rings. The number of carbonyl (C=O) groups is 2. The maximum Gasteiger partial charge on any atom is 0.344 e. The van der Waals surface area contributed by atoms with Gasteiger partial charge in [-0.25, -0.2) is 13.6 Å². The van der Waals surface area contributed by atoms with Crippen molar-refractivity contribution in [3.8, 4) is 0 Å². The molecule has 26 heavy (non-hydrogen) atoms. The zero-order valence-corrected chi connectivity index (χ0v) is 13.2. The Hall–Kier alpha value is -3.43. The SMILES string of the molecule is C[C@H](OC(=O)c1c(F)cccc1F)C(=O)Nc1ccc(F)c([N+](=O)[O-])c1. The third kappa shape index (κ3) is 4.15. The quantitative estimate of drug-likeness (QED) is 0.496. The Balaban J connectivity index is 2.10. The van der Waals surface area contributed by atoms with Crippen molar-refractivity contribution < 1.29 is 32.4 Å². The molecule has 1 N–H and O–H groups in total. The number of nitro benzene ring substituents is 1. The molecule has 0 aliphatic carbocycles. The average molecular weight is 368 g/mol. The lowest BCUT2D eigenvalue weighted by Crippen LogP contribution is -2.30. The van der Waals surface area contributed by atoms with Crippen LogP contribution < -0.4 is 5.32 Å². The van der Waals surface area contributed by atoms with Crippen molar-refractivity contribution in [1.82, 2.24) is 0 Å². The van der Waals surface area contributed by atoms with Gasteiger partial charge in [-0.2, -0.15) is 4.39 Å². The number of nitrogens with zero attached hydrogens (tertiary/aromatic N) is 1. The van der Waals surface area contributed by atoms with Gasteiger partial charge in [0.25, 0.3) is 5.91 Å². The Morgan fingerprint density at radius 3 is 2.31 bits per heavy atom. The molecule has 2 rings (SSSR count). The van der Waals surface area contributed by atoms with Gasteiger partial charge < -0.3 is 10.1 Å². The average Bonchev–Trinajstić information content (AvgIpc) is 2.56. The first-order chi connectivity index (χ1) is 12.2. The zero-order chi connectivity index (χ0) is 19.4. The number of ether oxygens (including phenoxy) is 1. The summed E-state index contributed by atoms with van der Waals surface area (Å²) in [6.45, 7) is 1.13. The third-order valence-electron chi connectivity index (χ3n) is 3.23. The number of nitro groups is 1. The molecule has 0 spiro atoms. The van der Waals surface area contributed by atoms with Crippen LogP contribution >= 0.6 is 0 Å². The first-order valence-electron chi connectivity index (χ1n) is 7.10. The summed E-state index contributed by atoms with van der Waals surface area (Å²) in [5.41, 5.74) is -1.94. The minimum Gasteiger partial charge on any atom is -0.449 e. The maximum absolute atomic E-state index is 13.5. The standard InChI is InChI=1S/C16H11F3N2O5/c1-8(26-16(23)14-11(18)3-2-4-12(14)19)15(22)20-9-5-6-10(17)13(7-9)21(24)25/h2-8H,1H3,(H,20,22)/t8-/m0/s1. The van der Waals surface area contributed by atoms with Gasteiger partial charge in [-0.3, -0.25) is 14.9 Å². The number of nitrogens with one attached hydrogen (secondary N) is 1. The van der Waals surface area contributed by atoms with Gasteiger partial charge in [-0.05, 0) is 31.2 Å². The predicted octanol–water partition coefficient (Wildman–Crippen LogP) is 3.20. The highest BCUT2D eigenvalue weighted by molar-refractivity contribution is 5.97. The number of carbonyl (C=O) groups excluding carboxylic acids is 2. The molecule has 0 saturated carbocycles. The summed E-state index contributed by atoms with van der Waals surface area (Å²) in [5, 5.41) is 12.8. The van der Waals surface area contributed by atoms with E-state index in [0.29, 0.717) is 0 Å². The number of amides is 1. The molecule has 0 fully saturated rings. The van der Waals surface area contributed by atoms with Crippen LogP contribution in [0.3, 0.4) is 0 Å². The molecule has 0 heterocycles.